The monoisotopic (exact) mass is 1380 g/mol. The quantitative estimate of drug-likeness (QED) is 0.0264. The number of hydrogen-bond donors (Lipinski definition) is 2. The molecule has 2 unspecified atom stereocenters. The second kappa shape index (κ2) is 82.7. The van der Waals surface area contributed by atoms with Gasteiger partial charge in [0.2, 0.25) is 0 Å². The summed E-state index contributed by atoms with van der Waals surface area (Å²) in [6.45, 7) is 3.72. The molecular weight excluding hydrogens is 1220 g/mol. The van der Waals surface area contributed by atoms with Gasteiger partial charge in [-0.25, -0.2) is 4.57 Å². The zero-order chi connectivity index (χ0) is 70.0. The smallest absolute Gasteiger partial charge is 0.462 e. The van der Waals surface area contributed by atoms with Crippen molar-refractivity contribution in [3.05, 3.63) is 60.8 Å². The highest BCUT2D eigenvalue weighted by molar-refractivity contribution is 7.47. The van der Waals surface area contributed by atoms with Crippen LogP contribution in [0, 0.1) is 0 Å². The van der Waals surface area contributed by atoms with Gasteiger partial charge < -0.3 is 20.1 Å². The fourth-order valence-electron chi connectivity index (χ4n) is 13.1. The van der Waals surface area contributed by atoms with Gasteiger partial charge in [0.1, 0.15) is 6.61 Å². The number of unbranched alkanes of at least 4 members (excludes halogenated alkanes) is 59. The second-order valence-electron chi connectivity index (χ2n) is 29.0. The minimum atomic E-state index is -4.40. The first-order valence-electron chi connectivity index (χ1n) is 42.8. The fourth-order valence-corrected chi connectivity index (χ4v) is 13.9. The van der Waals surface area contributed by atoms with Gasteiger partial charge in [-0.05, 0) is 57.8 Å². The Hall–Kier alpha value is -2.29. The summed E-state index contributed by atoms with van der Waals surface area (Å²) >= 11 is 0. The molecule has 3 N–H and O–H groups in total. The van der Waals surface area contributed by atoms with Crippen molar-refractivity contribution >= 4 is 19.8 Å². The third-order valence-electron chi connectivity index (χ3n) is 19.4. The second-order valence-corrected chi connectivity index (χ2v) is 30.5. The molecule has 10 heteroatoms. The molecule has 9 nitrogen and oxygen atoms in total. The molecule has 0 aromatic carbocycles. The van der Waals surface area contributed by atoms with Crippen molar-refractivity contribution in [2.45, 2.75) is 457 Å². The van der Waals surface area contributed by atoms with Gasteiger partial charge >= 0.3 is 19.8 Å². The molecule has 0 rings (SSSR count). The molecule has 570 valence electrons. The third kappa shape index (κ3) is 82.6. The summed E-state index contributed by atoms with van der Waals surface area (Å²) in [5.74, 6) is -0.800. The van der Waals surface area contributed by atoms with E-state index in [0.717, 1.165) is 64.2 Å². The number of carbonyl (C=O) groups is 2. The van der Waals surface area contributed by atoms with E-state index in [9.17, 15) is 19.0 Å². The molecule has 0 aromatic rings. The Morgan fingerprint density at radius 2 is 0.567 bits per heavy atom. The Bertz CT molecular complexity index is 1780. The molecule has 0 heterocycles. The molecule has 97 heavy (non-hydrogen) atoms. The standard InChI is InChI=1S/C87H164NO8P/c1-3-5-7-9-11-13-15-17-19-21-23-25-27-29-31-33-35-37-39-41-42-44-46-48-50-52-54-56-58-60-62-64-66-68-70-72-74-76-78-80-87(90)96-85(84-95-97(91,92)94-82-81-88)83-93-86(89)79-77-75-73-71-69-67-65-63-61-59-57-55-53-51-49-47-45-43-40-38-36-34-32-30-28-26-24-22-20-18-16-14-12-10-8-6-4-2/h5,7,11,13,17,19,23,25,29,31,85H,3-4,6,8-10,12,14-16,18,20-22,24,26-28,30,32-84,88H2,1-2H3,(H,91,92)/b7-5-,13-11-,19-17-,25-23-,31-29-. The van der Waals surface area contributed by atoms with Gasteiger partial charge in [-0.1, -0.05) is 441 Å². The molecule has 0 saturated heterocycles. The molecule has 0 bridgehead atoms. The molecule has 0 saturated carbocycles. The van der Waals surface area contributed by atoms with Crippen LogP contribution < -0.4 is 5.73 Å². The zero-order valence-electron chi connectivity index (χ0n) is 64.6. The van der Waals surface area contributed by atoms with E-state index in [2.05, 4.69) is 74.6 Å². The van der Waals surface area contributed by atoms with Crippen molar-refractivity contribution in [3.8, 4) is 0 Å². The molecule has 0 aromatic heterocycles. The van der Waals surface area contributed by atoms with E-state index in [0.29, 0.717) is 6.42 Å². The number of ether oxygens (including phenoxy) is 2. The van der Waals surface area contributed by atoms with Crippen LogP contribution in [0.2, 0.25) is 0 Å². The summed E-state index contributed by atoms with van der Waals surface area (Å²) in [5.41, 5.74) is 5.42. The minimum absolute atomic E-state index is 0.0561. The van der Waals surface area contributed by atoms with Crippen molar-refractivity contribution < 1.29 is 37.6 Å². The van der Waals surface area contributed by atoms with Gasteiger partial charge in [0, 0.05) is 19.4 Å². The van der Waals surface area contributed by atoms with Crippen LogP contribution in [0.4, 0.5) is 0 Å². The molecule has 0 radical (unpaired) electrons. The first-order chi connectivity index (χ1) is 47.8. The highest BCUT2D eigenvalue weighted by Gasteiger charge is 2.26. The predicted molar refractivity (Wildman–Crippen MR) is 423 cm³/mol. The number of allylic oxidation sites excluding steroid dienone is 10. The van der Waals surface area contributed by atoms with Gasteiger partial charge in [-0.15, -0.1) is 0 Å². The fraction of sp³-hybridized carbons (Fsp3) is 0.862. The summed E-state index contributed by atoms with van der Waals surface area (Å²) in [5, 5.41) is 0. The maximum atomic E-state index is 12.8. The average molecular weight is 1380 g/mol. The van der Waals surface area contributed by atoms with E-state index in [-0.39, 0.29) is 38.6 Å². The summed E-state index contributed by atoms with van der Waals surface area (Å²) in [6, 6.07) is 0. The number of carbonyl (C=O) groups excluding carboxylic acids is 2. The van der Waals surface area contributed by atoms with Crippen LogP contribution in [0.25, 0.3) is 0 Å². The molecule has 0 aliphatic rings. The maximum absolute atomic E-state index is 12.8. The van der Waals surface area contributed by atoms with E-state index in [1.165, 1.54) is 353 Å². The summed E-state index contributed by atoms with van der Waals surface area (Å²) < 4.78 is 33.3. The topological polar surface area (TPSA) is 134 Å². The highest BCUT2D eigenvalue weighted by atomic mass is 31.2. The number of rotatable bonds is 82. The van der Waals surface area contributed by atoms with E-state index in [1.807, 2.05) is 0 Å². The lowest BCUT2D eigenvalue weighted by Crippen LogP contribution is -2.29. The minimum Gasteiger partial charge on any atom is -0.462 e. The van der Waals surface area contributed by atoms with E-state index in [4.69, 9.17) is 24.3 Å². The zero-order valence-corrected chi connectivity index (χ0v) is 65.5. The van der Waals surface area contributed by atoms with Crippen LogP contribution in [0.5, 0.6) is 0 Å². The molecule has 0 aliphatic heterocycles. The molecule has 2 atom stereocenters. The van der Waals surface area contributed by atoms with Crippen LogP contribution in [-0.2, 0) is 32.7 Å². The maximum Gasteiger partial charge on any atom is 0.472 e. The Kier molecular flexibility index (Phi) is 80.7. The van der Waals surface area contributed by atoms with Crippen molar-refractivity contribution in [1.82, 2.24) is 0 Å². The van der Waals surface area contributed by atoms with E-state index < -0.39 is 26.5 Å². The molecule has 0 spiro atoms. The average Bonchev–Trinajstić information content (AvgIpc) is 2.88. The predicted octanol–water partition coefficient (Wildman–Crippen LogP) is 28.9. The van der Waals surface area contributed by atoms with E-state index >= 15 is 0 Å². The number of phosphoric acid groups is 1. The van der Waals surface area contributed by atoms with Crippen LogP contribution in [-0.4, -0.2) is 49.3 Å². The first kappa shape index (κ1) is 94.7. The molecular formula is C87H164NO8P. The number of hydrogen-bond acceptors (Lipinski definition) is 8. The van der Waals surface area contributed by atoms with Crippen LogP contribution in [0.15, 0.2) is 60.8 Å². The van der Waals surface area contributed by atoms with E-state index in [1.54, 1.807) is 0 Å². The number of phosphoric ester groups is 1. The molecule has 0 fully saturated rings. The summed E-state index contributed by atoms with van der Waals surface area (Å²) in [4.78, 5) is 35.5. The lowest BCUT2D eigenvalue weighted by atomic mass is 10.0. The largest absolute Gasteiger partial charge is 0.472 e. The Morgan fingerprint density at radius 3 is 0.845 bits per heavy atom. The van der Waals surface area contributed by atoms with Crippen molar-refractivity contribution in [1.29, 1.82) is 0 Å². The first-order valence-corrected chi connectivity index (χ1v) is 44.3. The number of nitrogens with two attached hydrogens (primary N) is 1. The van der Waals surface area contributed by atoms with Gasteiger partial charge in [-0.2, -0.15) is 0 Å². The lowest BCUT2D eigenvalue weighted by molar-refractivity contribution is -0.161. The highest BCUT2D eigenvalue weighted by Crippen LogP contribution is 2.43. The lowest BCUT2D eigenvalue weighted by Gasteiger charge is -2.19. The van der Waals surface area contributed by atoms with Gasteiger partial charge in [0.15, 0.2) is 6.10 Å². The Labute approximate surface area is 603 Å². The van der Waals surface area contributed by atoms with Gasteiger partial charge in [-0.3, -0.25) is 18.6 Å². The summed E-state index contributed by atoms with van der Waals surface area (Å²) in [6.07, 6.45) is 110. The Balaban J connectivity index is 3.72. The SMILES string of the molecule is CC/C=C\C/C=C\C/C=C\C/C=C\C/C=C\CCCCCCCCCCCCCCCCCCCCCCCCCC(=O)OC(COC(=O)CCCCCCCCCCCCCCCCCCCCCCCCCCCCCCCCCCCCCCC)COP(=O)(O)OCCN. The van der Waals surface area contributed by atoms with Gasteiger partial charge in [0.25, 0.3) is 0 Å². The van der Waals surface area contributed by atoms with Crippen molar-refractivity contribution in [2.75, 3.05) is 26.4 Å². The summed E-state index contributed by atoms with van der Waals surface area (Å²) in [7, 11) is -4.40. The number of esters is 2. The third-order valence-corrected chi connectivity index (χ3v) is 20.4. The molecule has 0 amide bonds. The molecule has 0 aliphatic carbocycles. The van der Waals surface area contributed by atoms with Crippen LogP contribution in [0.1, 0.15) is 450 Å². The van der Waals surface area contributed by atoms with Crippen LogP contribution >= 0.6 is 7.82 Å². The van der Waals surface area contributed by atoms with Gasteiger partial charge in [0.05, 0.1) is 13.2 Å². The van der Waals surface area contributed by atoms with Crippen molar-refractivity contribution in [2.24, 2.45) is 5.73 Å². The Morgan fingerprint density at radius 1 is 0.320 bits per heavy atom. The van der Waals surface area contributed by atoms with Crippen LogP contribution in [0.3, 0.4) is 0 Å². The normalized spacial score (nSPS) is 13.1. The van der Waals surface area contributed by atoms with Crippen molar-refractivity contribution in [3.63, 3.8) is 0 Å².